The second-order valence-corrected chi connectivity index (χ2v) is 3.34. The topological polar surface area (TPSA) is 70.2 Å². The largest absolute Gasteiger partial charge is 0.275 e. The molecule has 3 aromatic rings. The van der Waals surface area contributed by atoms with Crippen LogP contribution in [0.1, 0.15) is 0 Å². The van der Waals surface area contributed by atoms with Crippen molar-refractivity contribution in [2.24, 2.45) is 0 Å². The molecule has 0 spiro atoms. The van der Waals surface area contributed by atoms with Crippen molar-refractivity contribution >= 4 is 0 Å². The van der Waals surface area contributed by atoms with Crippen LogP contribution < -0.4 is 0 Å². The Morgan fingerprint density at radius 3 is 2.56 bits per heavy atom. The summed E-state index contributed by atoms with van der Waals surface area (Å²) in [6.45, 7) is 0. The third-order valence-corrected chi connectivity index (χ3v) is 2.27. The normalized spacial score (nSPS) is 10.5. The van der Waals surface area contributed by atoms with Gasteiger partial charge in [0.25, 0.3) is 0 Å². The minimum atomic E-state index is 0.685. The van der Waals surface area contributed by atoms with Gasteiger partial charge in [0, 0.05) is 11.8 Å². The van der Waals surface area contributed by atoms with E-state index in [1.807, 2.05) is 36.4 Å². The Morgan fingerprint density at radius 2 is 1.81 bits per heavy atom. The molecule has 2 N–H and O–H groups in total. The molecule has 16 heavy (non-hydrogen) atoms. The van der Waals surface area contributed by atoms with Crippen molar-refractivity contribution < 1.29 is 0 Å². The molecule has 0 saturated heterocycles. The number of H-pyrrole nitrogens is 2. The van der Waals surface area contributed by atoms with Crippen molar-refractivity contribution in [1.82, 2.24) is 25.4 Å². The first kappa shape index (κ1) is 8.84. The van der Waals surface area contributed by atoms with E-state index in [1.165, 1.54) is 0 Å². The SMILES string of the molecule is c1ccc(-c2n[nH]c(-c3ccn[nH]3)n2)cc1. The lowest BCUT2D eigenvalue weighted by Gasteiger charge is -1.91. The van der Waals surface area contributed by atoms with Gasteiger partial charge in [0.15, 0.2) is 11.6 Å². The molecule has 2 aromatic heterocycles. The molecule has 0 saturated carbocycles. The molecule has 0 unspecified atom stereocenters. The Labute approximate surface area is 91.6 Å². The molecular formula is C11H9N5. The van der Waals surface area contributed by atoms with Crippen LogP contribution >= 0.6 is 0 Å². The monoisotopic (exact) mass is 211 g/mol. The fourth-order valence-corrected chi connectivity index (χ4v) is 1.49. The molecule has 0 atom stereocenters. The lowest BCUT2D eigenvalue weighted by atomic mass is 10.2. The van der Waals surface area contributed by atoms with Gasteiger partial charge in [-0.25, -0.2) is 4.98 Å². The fourth-order valence-electron chi connectivity index (χ4n) is 1.49. The molecule has 0 fully saturated rings. The Kier molecular flexibility index (Phi) is 2.00. The fraction of sp³-hybridized carbons (Fsp3) is 0. The van der Waals surface area contributed by atoms with E-state index in [0.717, 1.165) is 11.3 Å². The summed E-state index contributed by atoms with van der Waals surface area (Å²) >= 11 is 0. The average Bonchev–Trinajstić information content (AvgIpc) is 3.01. The minimum Gasteiger partial charge on any atom is -0.275 e. The molecule has 5 nitrogen and oxygen atoms in total. The molecule has 0 radical (unpaired) electrons. The summed E-state index contributed by atoms with van der Waals surface area (Å²) < 4.78 is 0. The number of benzene rings is 1. The van der Waals surface area contributed by atoms with E-state index in [1.54, 1.807) is 6.20 Å². The van der Waals surface area contributed by atoms with Gasteiger partial charge in [-0.3, -0.25) is 10.2 Å². The smallest absolute Gasteiger partial charge is 0.181 e. The van der Waals surface area contributed by atoms with Crippen LogP contribution in [0.4, 0.5) is 0 Å². The van der Waals surface area contributed by atoms with Crippen LogP contribution in [0.3, 0.4) is 0 Å². The summed E-state index contributed by atoms with van der Waals surface area (Å²) in [4.78, 5) is 4.39. The van der Waals surface area contributed by atoms with Crippen LogP contribution in [-0.2, 0) is 0 Å². The van der Waals surface area contributed by atoms with Crippen molar-refractivity contribution in [3.8, 4) is 22.9 Å². The van der Waals surface area contributed by atoms with E-state index < -0.39 is 0 Å². The zero-order valence-electron chi connectivity index (χ0n) is 8.38. The first-order chi connectivity index (χ1) is 7.93. The third-order valence-electron chi connectivity index (χ3n) is 2.27. The molecule has 0 amide bonds. The van der Waals surface area contributed by atoms with Gasteiger partial charge < -0.3 is 0 Å². The molecule has 1 aromatic carbocycles. The summed E-state index contributed by atoms with van der Waals surface area (Å²) in [5, 5.41) is 13.7. The molecule has 0 aliphatic carbocycles. The first-order valence-electron chi connectivity index (χ1n) is 4.91. The van der Waals surface area contributed by atoms with Gasteiger partial charge in [-0.05, 0) is 6.07 Å². The highest BCUT2D eigenvalue weighted by Crippen LogP contribution is 2.17. The van der Waals surface area contributed by atoms with Gasteiger partial charge in [-0.1, -0.05) is 30.3 Å². The van der Waals surface area contributed by atoms with E-state index in [0.29, 0.717) is 11.6 Å². The van der Waals surface area contributed by atoms with Crippen LogP contribution in [0.15, 0.2) is 42.6 Å². The second kappa shape index (κ2) is 3.62. The van der Waals surface area contributed by atoms with Gasteiger partial charge in [0.05, 0.1) is 0 Å². The molecular weight excluding hydrogens is 202 g/mol. The number of nitrogens with one attached hydrogen (secondary N) is 2. The van der Waals surface area contributed by atoms with Crippen molar-refractivity contribution in [1.29, 1.82) is 0 Å². The molecule has 5 heteroatoms. The predicted molar refractivity (Wildman–Crippen MR) is 59.4 cm³/mol. The number of aromatic amines is 2. The Morgan fingerprint density at radius 1 is 0.938 bits per heavy atom. The molecule has 0 aliphatic heterocycles. The van der Waals surface area contributed by atoms with Gasteiger partial charge in [-0.2, -0.15) is 10.2 Å². The molecule has 2 heterocycles. The maximum absolute atomic E-state index is 4.39. The molecule has 78 valence electrons. The molecule has 0 bridgehead atoms. The quantitative estimate of drug-likeness (QED) is 0.679. The van der Waals surface area contributed by atoms with E-state index in [-0.39, 0.29) is 0 Å². The lowest BCUT2D eigenvalue weighted by molar-refractivity contribution is 1.06. The number of hydrogen-bond donors (Lipinski definition) is 2. The van der Waals surface area contributed by atoms with Gasteiger partial charge >= 0.3 is 0 Å². The summed E-state index contributed by atoms with van der Waals surface area (Å²) in [5.41, 5.74) is 1.82. The first-order valence-corrected chi connectivity index (χ1v) is 4.91. The molecule has 0 aliphatic rings. The van der Waals surface area contributed by atoms with Gasteiger partial charge in [0.2, 0.25) is 0 Å². The van der Waals surface area contributed by atoms with Crippen molar-refractivity contribution in [3.63, 3.8) is 0 Å². The Hall–Kier alpha value is -2.43. The maximum atomic E-state index is 4.39. The zero-order valence-corrected chi connectivity index (χ0v) is 8.38. The summed E-state index contributed by atoms with van der Waals surface area (Å²) in [5.74, 6) is 1.38. The van der Waals surface area contributed by atoms with E-state index in [9.17, 15) is 0 Å². The molecule has 3 rings (SSSR count). The number of hydrogen-bond acceptors (Lipinski definition) is 3. The number of nitrogens with zero attached hydrogens (tertiary/aromatic N) is 3. The van der Waals surface area contributed by atoms with E-state index in [4.69, 9.17) is 0 Å². The van der Waals surface area contributed by atoms with Crippen molar-refractivity contribution in [3.05, 3.63) is 42.6 Å². The van der Waals surface area contributed by atoms with Crippen LogP contribution in [-0.4, -0.2) is 25.4 Å². The summed E-state index contributed by atoms with van der Waals surface area (Å²) in [6.07, 6.45) is 1.68. The lowest BCUT2D eigenvalue weighted by Crippen LogP contribution is -1.81. The van der Waals surface area contributed by atoms with Crippen molar-refractivity contribution in [2.45, 2.75) is 0 Å². The highest BCUT2D eigenvalue weighted by atomic mass is 15.2. The summed E-state index contributed by atoms with van der Waals surface area (Å²) in [7, 11) is 0. The highest BCUT2D eigenvalue weighted by Gasteiger charge is 2.07. The van der Waals surface area contributed by atoms with Crippen LogP contribution in [0, 0.1) is 0 Å². The van der Waals surface area contributed by atoms with Gasteiger partial charge in [0.1, 0.15) is 5.69 Å². The average molecular weight is 211 g/mol. The highest BCUT2D eigenvalue weighted by molar-refractivity contribution is 5.58. The van der Waals surface area contributed by atoms with E-state index in [2.05, 4.69) is 25.4 Å². The Balaban J connectivity index is 2.00. The zero-order chi connectivity index (χ0) is 10.8. The van der Waals surface area contributed by atoms with Gasteiger partial charge in [-0.15, -0.1) is 0 Å². The second-order valence-electron chi connectivity index (χ2n) is 3.34. The predicted octanol–water partition coefficient (Wildman–Crippen LogP) is 1.86. The van der Waals surface area contributed by atoms with E-state index >= 15 is 0 Å². The Bertz CT molecular complexity index is 567. The maximum Gasteiger partial charge on any atom is 0.181 e. The third kappa shape index (κ3) is 1.48. The standard InChI is InChI=1S/C11H9N5/c1-2-4-8(5-3-1)10-13-11(16-15-10)9-6-7-12-14-9/h1-7H,(H,12,14)(H,13,15,16). The minimum absolute atomic E-state index is 0.685. The van der Waals surface area contributed by atoms with Crippen LogP contribution in [0.5, 0.6) is 0 Å². The summed E-state index contributed by atoms with van der Waals surface area (Å²) in [6, 6.07) is 11.7. The van der Waals surface area contributed by atoms with Crippen molar-refractivity contribution in [2.75, 3.05) is 0 Å². The number of aromatic nitrogens is 5. The van der Waals surface area contributed by atoms with Crippen LogP contribution in [0.25, 0.3) is 22.9 Å². The number of rotatable bonds is 2. The van der Waals surface area contributed by atoms with Crippen LogP contribution in [0.2, 0.25) is 0 Å².